The van der Waals surface area contributed by atoms with Crippen molar-refractivity contribution in [2.75, 3.05) is 12.3 Å². The average molecular weight is 384 g/mol. The molecule has 1 amide bonds. The van der Waals surface area contributed by atoms with Crippen LogP contribution in [0.25, 0.3) is 0 Å². The summed E-state index contributed by atoms with van der Waals surface area (Å²) < 4.78 is 15.8. The molecule has 1 aromatic carbocycles. The van der Waals surface area contributed by atoms with Crippen LogP contribution < -0.4 is 0 Å². The summed E-state index contributed by atoms with van der Waals surface area (Å²) in [5, 5.41) is -0.0350. The van der Waals surface area contributed by atoms with Gasteiger partial charge in [0.25, 0.3) is 0 Å². The maximum atomic E-state index is 13.4. The molecular formula is C15H15BrFN3OS. The van der Waals surface area contributed by atoms with Crippen LogP contribution in [0.5, 0.6) is 0 Å². The third-order valence-corrected chi connectivity index (χ3v) is 5.44. The molecule has 0 N–H and O–H groups in total. The van der Waals surface area contributed by atoms with Gasteiger partial charge < -0.3 is 9.47 Å². The first-order valence-corrected chi connectivity index (χ1v) is 8.81. The summed E-state index contributed by atoms with van der Waals surface area (Å²) in [6, 6.07) is 4.94. The zero-order chi connectivity index (χ0) is 15.5. The molecule has 1 unspecified atom stereocenters. The molecule has 3 rings (SSSR count). The van der Waals surface area contributed by atoms with Gasteiger partial charge in [0.2, 0.25) is 5.91 Å². The Morgan fingerprint density at radius 3 is 3.00 bits per heavy atom. The predicted octanol–water partition coefficient (Wildman–Crippen LogP) is 3.45. The van der Waals surface area contributed by atoms with E-state index in [1.165, 1.54) is 6.07 Å². The number of thioether (sulfide) groups is 1. The predicted molar refractivity (Wildman–Crippen MR) is 87.9 cm³/mol. The molecule has 22 heavy (non-hydrogen) atoms. The molecule has 116 valence electrons. The van der Waals surface area contributed by atoms with Gasteiger partial charge in [0.15, 0.2) is 0 Å². The fourth-order valence-electron chi connectivity index (χ4n) is 2.48. The van der Waals surface area contributed by atoms with Crippen molar-refractivity contribution in [2.24, 2.45) is 0 Å². The number of nitrogens with zero attached hydrogens (tertiary/aromatic N) is 3. The highest BCUT2D eigenvalue weighted by Crippen LogP contribution is 2.39. The van der Waals surface area contributed by atoms with Crippen LogP contribution in [0, 0.1) is 5.82 Å². The minimum atomic E-state index is -0.287. The first-order valence-electron chi connectivity index (χ1n) is 6.97. The van der Waals surface area contributed by atoms with E-state index < -0.39 is 0 Å². The zero-order valence-electron chi connectivity index (χ0n) is 11.8. The van der Waals surface area contributed by atoms with Gasteiger partial charge in [0.05, 0.1) is 16.6 Å². The van der Waals surface area contributed by atoms with Crippen LogP contribution in [0.3, 0.4) is 0 Å². The maximum absolute atomic E-state index is 13.4. The van der Waals surface area contributed by atoms with Crippen molar-refractivity contribution < 1.29 is 9.18 Å². The van der Waals surface area contributed by atoms with Gasteiger partial charge in [-0.2, -0.15) is 0 Å². The lowest BCUT2D eigenvalue weighted by atomic mass is 10.2. The molecule has 2 heterocycles. The number of carbonyl (C=O) groups is 1. The standard InChI is InChI=1S/C15H15BrFN3OS/c16-12-8-11(2-3-13(12)17)15-20(14(21)9-22-15)6-1-5-19-7-4-18-10-19/h2-4,7-8,10,15H,1,5-6,9H2. The molecule has 0 aliphatic carbocycles. The van der Waals surface area contributed by atoms with Gasteiger partial charge in [0.1, 0.15) is 11.2 Å². The Balaban J connectivity index is 1.67. The number of halogens is 2. The number of benzene rings is 1. The molecule has 1 saturated heterocycles. The average Bonchev–Trinajstić information content (AvgIpc) is 3.13. The third kappa shape index (κ3) is 3.35. The Hall–Kier alpha value is -1.34. The largest absolute Gasteiger partial charge is 0.337 e. The number of carbonyl (C=O) groups excluding carboxylic acids is 1. The quantitative estimate of drug-likeness (QED) is 0.793. The van der Waals surface area contributed by atoms with Crippen molar-refractivity contribution in [3.05, 3.63) is 52.8 Å². The Morgan fingerprint density at radius 1 is 1.41 bits per heavy atom. The van der Waals surface area contributed by atoms with E-state index in [1.54, 1.807) is 36.4 Å². The van der Waals surface area contributed by atoms with Gasteiger partial charge in [-0.15, -0.1) is 11.8 Å². The fraction of sp³-hybridized carbons (Fsp3) is 0.333. The lowest BCUT2D eigenvalue weighted by Gasteiger charge is -2.24. The van der Waals surface area contributed by atoms with E-state index in [4.69, 9.17) is 0 Å². The van der Waals surface area contributed by atoms with Crippen LogP contribution in [0.1, 0.15) is 17.4 Å². The van der Waals surface area contributed by atoms with Crippen LogP contribution in [-0.2, 0) is 11.3 Å². The summed E-state index contributed by atoms with van der Waals surface area (Å²) in [5.74, 6) is 0.330. The molecule has 0 saturated carbocycles. The second-order valence-electron chi connectivity index (χ2n) is 5.08. The summed E-state index contributed by atoms with van der Waals surface area (Å²) in [5.41, 5.74) is 0.951. The maximum Gasteiger partial charge on any atom is 0.233 e. The number of rotatable bonds is 5. The zero-order valence-corrected chi connectivity index (χ0v) is 14.2. The molecule has 2 aromatic rings. The number of hydrogen-bond acceptors (Lipinski definition) is 3. The van der Waals surface area contributed by atoms with Crippen LogP contribution in [0.15, 0.2) is 41.4 Å². The van der Waals surface area contributed by atoms with Crippen molar-refractivity contribution >= 4 is 33.6 Å². The number of hydrogen-bond donors (Lipinski definition) is 0. The lowest BCUT2D eigenvalue weighted by molar-refractivity contribution is -0.128. The lowest BCUT2D eigenvalue weighted by Crippen LogP contribution is -2.29. The van der Waals surface area contributed by atoms with Crippen LogP contribution >= 0.6 is 27.7 Å². The second kappa shape index (κ2) is 6.83. The van der Waals surface area contributed by atoms with Crippen molar-refractivity contribution in [1.29, 1.82) is 0 Å². The van der Waals surface area contributed by atoms with Crippen molar-refractivity contribution in [3.8, 4) is 0 Å². The molecule has 0 radical (unpaired) electrons. The molecule has 1 fully saturated rings. The minimum Gasteiger partial charge on any atom is -0.337 e. The van der Waals surface area contributed by atoms with E-state index in [-0.39, 0.29) is 17.1 Å². The Labute approximate surface area is 140 Å². The van der Waals surface area contributed by atoms with Crippen molar-refractivity contribution in [1.82, 2.24) is 14.5 Å². The van der Waals surface area contributed by atoms with Gasteiger partial charge in [0, 0.05) is 25.5 Å². The topological polar surface area (TPSA) is 38.1 Å². The molecule has 1 aliphatic rings. The van der Waals surface area contributed by atoms with Crippen molar-refractivity contribution in [3.63, 3.8) is 0 Å². The van der Waals surface area contributed by atoms with Gasteiger partial charge in [-0.1, -0.05) is 6.07 Å². The van der Waals surface area contributed by atoms with E-state index in [2.05, 4.69) is 20.9 Å². The summed E-state index contributed by atoms with van der Waals surface area (Å²) in [6.45, 7) is 1.51. The number of aryl methyl sites for hydroxylation is 1. The summed E-state index contributed by atoms with van der Waals surface area (Å²) in [4.78, 5) is 18.0. The van der Waals surface area contributed by atoms with Gasteiger partial charge in [-0.3, -0.25) is 4.79 Å². The molecule has 1 aliphatic heterocycles. The van der Waals surface area contributed by atoms with Gasteiger partial charge >= 0.3 is 0 Å². The minimum absolute atomic E-state index is 0.0350. The Morgan fingerprint density at radius 2 is 2.27 bits per heavy atom. The smallest absolute Gasteiger partial charge is 0.233 e. The molecule has 1 atom stereocenters. The number of imidazole rings is 1. The SMILES string of the molecule is O=C1CSC(c2ccc(F)c(Br)c2)N1CCCn1ccnc1. The number of amides is 1. The van der Waals surface area contributed by atoms with Gasteiger partial charge in [-0.25, -0.2) is 9.37 Å². The molecule has 4 nitrogen and oxygen atoms in total. The van der Waals surface area contributed by atoms with Crippen LogP contribution in [0.4, 0.5) is 4.39 Å². The van der Waals surface area contributed by atoms with Crippen LogP contribution in [-0.4, -0.2) is 32.7 Å². The fourth-order valence-corrected chi connectivity index (χ4v) is 4.09. The molecule has 1 aromatic heterocycles. The molecular weight excluding hydrogens is 369 g/mol. The van der Waals surface area contributed by atoms with E-state index in [0.717, 1.165) is 18.5 Å². The van der Waals surface area contributed by atoms with Crippen molar-refractivity contribution in [2.45, 2.75) is 18.3 Å². The highest BCUT2D eigenvalue weighted by atomic mass is 79.9. The third-order valence-electron chi connectivity index (χ3n) is 3.57. The molecule has 0 bridgehead atoms. The molecule has 0 spiro atoms. The summed E-state index contributed by atoms with van der Waals surface area (Å²) >= 11 is 4.80. The second-order valence-corrected chi connectivity index (χ2v) is 7.00. The Bertz CT molecular complexity index is 665. The summed E-state index contributed by atoms with van der Waals surface area (Å²) in [7, 11) is 0. The first kappa shape index (κ1) is 15.6. The normalized spacial score (nSPS) is 18.2. The molecule has 7 heteroatoms. The van der Waals surface area contributed by atoms with E-state index >= 15 is 0 Å². The van der Waals surface area contributed by atoms with E-state index in [9.17, 15) is 9.18 Å². The van der Waals surface area contributed by atoms with Crippen LogP contribution in [0.2, 0.25) is 0 Å². The highest BCUT2D eigenvalue weighted by Gasteiger charge is 2.32. The van der Waals surface area contributed by atoms with E-state index in [1.807, 2.05) is 15.7 Å². The van der Waals surface area contributed by atoms with E-state index in [0.29, 0.717) is 16.8 Å². The number of aromatic nitrogens is 2. The highest BCUT2D eigenvalue weighted by molar-refractivity contribution is 9.10. The summed E-state index contributed by atoms with van der Waals surface area (Å²) in [6.07, 6.45) is 6.29. The first-order chi connectivity index (χ1) is 10.6. The Kier molecular flexibility index (Phi) is 4.83. The van der Waals surface area contributed by atoms with Gasteiger partial charge in [-0.05, 0) is 40.0 Å². The monoisotopic (exact) mass is 383 g/mol.